The van der Waals surface area contributed by atoms with Gasteiger partial charge < -0.3 is 0 Å². The molecule has 0 unspecified atom stereocenters. The van der Waals surface area contributed by atoms with Crippen molar-refractivity contribution in [1.82, 2.24) is 0 Å². The van der Waals surface area contributed by atoms with Crippen molar-refractivity contribution in [3.05, 3.63) is 35.4 Å². The van der Waals surface area contributed by atoms with E-state index in [1.165, 1.54) is 62.0 Å². The first-order valence-corrected chi connectivity index (χ1v) is 10.9. The highest BCUT2D eigenvalue weighted by molar-refractivity contribution is 7.99. The summed E-state index contributed by atoms with van der Waals surface area (Å²) in [6.07, 6.45) is 10.5. The van der Waals surface area contributed by atoms with E-state index in [1.54, 1.807) is 0 Å². The van der Waals surface area contributed by atoms with Gasteiger partial charge in [-0.25, -0.2) is 0 Å². The van der Waals surface area contributed by atoms with Crippen molar-refractivity contribution in [2.75, 3.05) is 11.5 Å². The van der Waals surface area contributed by atoms with Crippen molar-refractivity contribution in [3.8, 4) is 11.8 Å². The van der Waals surface area contributed by atoms with Gasteiger partial charge in [0.15, 0.2) is 0 Å². The molecule has 0 nitrogen and oxygen atoms in total. The van der Waals surface area contributed by atoms with Crippen molar-refractivity contribution in [1.29, 1.82) is 0 Å². The largest absolute Gasteiger partial charge is 0.162 e. The molecule has 0 spiro atoms. The molecule has 0 aromatic heterocycles. The van der Waals surface area contributed by atoms with Crippen LogP contribution in [0.1, 0.15) is 90.2 Å². The SMILES string of the molecule is CCCSCCCCCCCCC#Cc1ccc(C(C)(C)C)cc1. The van der Waals surface area contributed by atoms with Crippen LogP contribution in [0.2, 0.25) is 0 Å². The summed E-state index contributed by atoms with van der Waals surface area (Å²) >= 11 is 2.11. The summed E-state index contributed by atoms with van der Waals surface area (Å²) in [5, 5.41) is 0. The van der Waals surface area contributed by atoms with Gasteiger partial charge >= 0.3 is 0 Å². The summed E-state index contributed by atoms with van der Waals surface area (Å²) in [6.45, 7) is 9.00. The second-order valence-corrected chi connectivity index (χ2v) is 8.84. The summed E-state index contributed by atoms with van der Waals surface area (Å²) in [6, 6.07) is 8.74. The zero-order valence-corrected chi connectivity index (χ0v) is 17.1. The lowest BCUT2D eigenvalue weighted by Crippen LogP contribution is -2.10. The second-order valence-electron chi connectivity index (χ2n) is 7.61. The summed E-state index contributed by atoms with van der Waals surface area (Å²) in [5.74, 6) is 9.32. The van der Waals surface area contributed by atoms with Crippen LogP contribution in [0, 0.1) is 11.8 Å². The van der Waals surface area contributed by atoms with Gasteiger partial charge in [0.25, 0.3) is 0 Å². The summed E-state index contributed by atoms with van der Waals surface area (Å²) < 4.78 is 0. The Labute approximate surface area is 155 Å². The number of thioether (sulfide) groups is 1. The van der Waals surface area contributed by atoms with Gasteiger partial charge in [-0.05, 0) is 53.9 Å². The van der Waals surface area contributed by atoms with Crippen LogP contribution in [-0.4, -0.2) is 11.5 Å². The van der Waals surface area contributed by atoms with Crippen LogP contribution in [0.4, 0.5) is 0 Å². The Balaban J connectivity index is 2.07. The van der Waals surface area contributed by atoms with E-state index in [0.29, 0.717) is 0 Å². The van der Waals surface area contributed by atoms with E-state index < -0.39 is 0 Å². The fourth-order valence-corrected chi connectivity index (χ4v) is 3.49. The number of hydrogen-bond donors (Lipinski definition) is 0. The summed E-state index contributed by atoms with van der Waals surface area (Å²) in [5.41, 5.74) is 2.74. The van der Waals surface area contributed by atoms with E-state index in [4.69, 9.17) is 0 Å². The van der Waals surface area contributed by atoms with E-state index >= 15 is 0 Å². The van der Waals surface area contributed by atoms with Gasteiger partial charge in [-0.2, -0.15) is 11.8 Å². The quantitative estimate of drug-likeness (QED) is 0.319. The number of hydrogen-bond acceptors (Lipinski definition) is 1. The minimum Gasteiger partial charge on any atom is -0.162 e. The van der Waals surface area contributed by atoms with Crippen LogP contribution >= 0.6 is 11.8 Å². The Morgan fingerprint density at radius 3 is 2.08 bits per heavy atom. The lowest BCUT2D eigenvalue weighted by Gasteiger charge is -2.18. The van der Waals surface area contributed by atoms with E-state index in [9.17, 15) is 0 Å². The number of unbranched alkanes of at least 4 members (excludes halogenated alkanes) is 6. The molecule has 0 aliphatic carbocycles. The molecule has 0 aliphatic heterocycles. The first kappa shape index (κ1) is 21.2. The molecule has 0 radical (unpaired) electrons. The lowest BCUT2D eigenvalue weighted by molar-refractivity contribution is 0.590. The Morgan fingerprint density at radius 2 is 1.46 bits per heavy atom. The van der Waals surface area contributed by atoms with Gasteiger partial charge in [-0.3, -0.25) is 0 Å². The molecule has 1 heteroatoms. The third kappa shape index (κ3) is 10.1. The highest BCUT2D eigenvalue weighted by Gasteiger charge is 2.12. The standard InChI is InChI=1S/C23H36S/c1-5-19-24-20-13-11-9-7-6-8-10-12-14-21-15-17-22(18-16-21)23(2,3)4/h15-18H,5-11,13,19-20H2,1-4H3. The van der Waals surface area contributed by atoms with Crippen LogP contribution in [0.3, 0.4) is 0 Å². The topological polar surface area (TPSA) is 0 Å². The minimum atomic E-state index is 0.223. The molecule has 1 aromatic rings. The molecule has 1 rings (SSSR count). The molecule has 0 fully saturated rings. The molecule has 0 atom stereocenters. The Morgan fingerprint density at radius 1 is 0.833 bits per heavy atom. The fraction of sp³-hybridized carbons (Fsp3) is 0.652. The molecule has 0 saturated carbocycles. The van der Waals surface area contributed by atoms with Crippen molar-refractivity contribution in [2.45, 2.75) is 84.5 Å². The number of rotatable bonds is 10. The van der Waals surface area contributed by atoms with Gasteiger partial charge in [0.2, 0.25) is 0 Å². The van der Waals surface area contributed by atoms with Gasteiger partial charge in [-0.15, -0.1) is 0 Å². The van der Waals surface area contributed by atoms with Crippen LogP contribution in [-0.2, 0) is 5.41 Å². The molecule has 0 saturated heterocycles. The Kier molecular flexibility index (Phi) is 11.0. The van der Waals surface area contributed by atoms with Gasteiger partial charge in [0.05, 0.1) is 0 Å². The smallest absolute Gasteiger partial charge is 0.0245 e. The predicted octanol–water partition coefficient (Wildman–Crippen LogP) is 7.21. The molecule has 0 amide bonds. The van der Waals surface area contributed by atoms with Crippen LogP contribution in [0.25, 0.3) is 0 Å². The molecule has 0 heterocycles. The van der Waals surface area contributed by atoms with Gasteiger partial charge in [0, 0.05) is 12.0 Å². The van der Waals surface area contributed by atoms with E-state index in [0.717, 1.165) is 12.0 Å². The highest BCUT2D eigenvalue weighted by Crippen LogP contribution is 2.21. The van der Waals surface area contributed by atoms with Crippen molar-refractivity contribution in [2.24, 2.45) is 0 Å². The average Bonchev–Trinajstić information content (AvgIpc) is 2.55. The van der Waals surface area contributed by atoms with Crippen molar-refractivity contribution >= 4 is 11.8 Å². The Bertz CT molecular complexity index is 481. The summed E-state index contributed by atoms with van der Waals surface area (Å²) in [7, 11) is 0. The third-order valence-corrected chi connectivity index (χ3v) is 5.45. The fourth-order valence-electron chi connectivity index (χ4n) is 2.59. The first-order chi connectivity index (χ1) is 11.5. The van der Waals surface area contributed by atoms with E-state index in [-0.39, 0.29) is 5.41 Å². The monoisotopic (exact) mass is 344 g/mol. The maximum Gasteiger partial charge on any atom is 0.0245 e. The van der Waals surface area contributed by atoms with E-state index in [1.807, 2.05) is 0 Å². The van der Waals surface area contributed by atoms with Crippen molar-refractivity contribution in [3.63, 3.8) is 0 Å². The maximum atomic E-state index is 3.33. The lowest BCUT2D eigenvalue weighted by atomic mass is 9.87. The van der Waals surface area contributed by atoms with Crippen LogP contribution in [0.15, 0.2) is 24.3 Å². The second kappa shape index (κ2) is 12.5. The zero-order chi connectivity index (χ0) is 17.7. The molecule has 1 aromatic carbocycles. The van der Waals surface area contributed by atoms with E-state index in [2.05, 4.69) is 75.6 Å². The molecule has 0 N–H and O–H groups in total. The van der Waals surface area contributed by atoms with Gasteiger partial charge in [0.1, 0.15) is 0 Å². The molecular weight excluding hydrogens is 308 g/mol. The van der Waals surface area contributed by atoms with Gasteiger partial charge in [-0.1, -0.05) is 77.4 Å². The molecule has 24 heavy (non-hydrogen) atoms. The molecule has 0 bridgehead atoms. The minimum absolute atomic E-state index is 0.223. The Hall–Kier alpha value is -0.870. The predicted molar refractivity (Wildman–Crippen MR) is 112 cm³/mol. The van der Waals surface area contributed by atoms with Crippen molar-refractivity contribution < 1.29 is 0 Å². The highest BCUT2D eigenvalue weighted by atomic mass is 32.2. The zero-order valence-electron chi connectivity index (χ0n) is 16.3. The normalized spacial score (nSPS) is 11.2. The number of benzene rings is 1. The first-order valence-electron chi connectivity index (χ1n) is 9.71. The molecule has 134 valence electrons. The van der Waals surface area contributed by atoms with Crippen LogP contribution in [0.5, 0.6) is 0 Å². The third-order valence-electron chi connectivity index (χ3n) is 4.17. The average molecular weight is 345 g/mol. The van der Waals surface area contributed by atoms with Crippen LogP contribution < -0.4 is 0 Å². The molecular formula is C23H36S. The summed E-state index contributed by atoms with van der Waals surface area (Å²) in [4.78, 5) is 0. The molecule has 0 aliphatic rings. The maximum absolute atomic E-state index is 3.33.